The molecule has 168 valence electrons. The Labute approximate surface area is 199 Å². The molecule has 1 N–H and O–H groups in total. The highest BCUT2D eigenvalue weighted by molar-refractivity contribution is 6.07. The molecule has 0 saturated carbocycles. The van der Waals surface area contributed by atoms with Gasteiger partial charge in [-0.1, -0.05) is 84.9 Å². The first-order valence-electron chi connectivity index (χ1n) is 11.6. The molecule has 0 unspecified atom stereocenters. The highest BCUT2D eigenvalue weighted by Gasteiger charge is 2.26. The predicted octanol–water partition coefficient (Wildman–Crippen LogP) is 6.05. The third kappa shape index (κ3) is 4.48. The van der Waals surface area contributed by atoms with E-state index in [1.54, 1.807) is 0 Å². The standard InChI is InChI=1S/C30H26N2O2/c33-29(28(23-11-4-1-5-12-23)24-13-6-2-7-14-24)31-26-19-18-22-17-10-20-32(27(22)21-26)30(34)25-15-8-3-9-16-25/h1-9,11-16,18-19,21,28H,10,17,20H2,(H,31,33). The monoisotopic (exact) mass is 446 g/mol. The van der Waals surface area contributed by atoms with Crippen LogP contribution in [-0.4, -0.2) is 18.4 Å². The summed E-state index contributed by atoms with van der Waals surface area (Å²) in [6, 6.07) is 34.8. The number of benzene rings is 4. The molecule has 0 aliphatic carbocycles. The summed E-state index contributed by atoms with van der Waals surface area (Å²) < 4.78 is 0. The Morgan fingerprint density at radius 2 is 1.32 bits per heavy atom. The third-order valence-electron chi connectivity index (χ3n) is 6.27. The van der Waals surface area contributed by atoms with Crippen molar-refractivity contribution in [3.8, 4) is 0 Å². The van der Waals surface area contributed by atoms with Gasteiger partial charge >= 0.3 is 0 Å². The van der Waals surface area contributed by atoms with Crippen LogP contribution >= 0.6 is 0 Å². The molecule has 4 nitrogen and oxygen atoms in total. The molecular weight excluding hydrogens is 420 g/mol. The van der Waals surface area contributed by atoms with Crippen LogP contribution in [0.1, 0.15) is 39.4 Å². The number of nitrogens with one attached hydrogen (secondary N) is 1. The van der Waals surface area contributed by atoms with Crippen molar-refractivity contribution >= 4 is 23.2 Å². The minimum absolute atomic E-state index is 0.0172. The van der Waals surface area contributed by atoms with Crippen LogP contribution in [0.4, 0.5) is 11.4 Å². The Morgan fingerprint density at radius 3 is 1.94 bits per heavy atom. The van der Waals surface area contributed by atoms with Crippen LogP contribution < -0.4 is 10.2 Å². The summed E-state index contributed by atoms with van der Waals surface area (Å²) in [6.45, 7) is 0.661. The van der Waals surface area contributed by atoms with E-state index in [1.807, 2.05) is 114 Å². The van der Waals surface area contributed by atoms with Crippen LogP contribution in [-0.2, 0) is 11.2 Å². The highest BCUT2D eigenvalue weighted by atomic mass is 16.2. The van der Waals surface area contributed by atoms with Crippen LogP contribution in [0.25, 0.3) is 0 Å². The van der Waals surface area contributed by atoms with Gasteiger partial charge in [0.15, 0.2) is 0 Å². The molecule has 0 spiro atoms. The second-order valence-corrected chi connectivity index (χ2v) is 8.51. The minimum Gasteiger partial charge on any atom is -0.325 e. The molecule has 1 aliphatic rings. The molecule has 0 radical (unpaired) electrons. The Kier molecular flexibility index (Phi) is 6.21. The summed E-state index contributed by atoms with van der Waals surface area (Å²) in [6.07, 6.45) is 1.83. The summed E-state index contributed by atoms with van der Waals surface area (Å²) in [5.41, 5.74) is 5.21. The minimum atomic E-state index is -0.430. The molecule has 1 heterocycles. The number of hydrogen-bond donors (Lipinski definition) is 1. The van der Waals surface area contributed by atoms with Gasteiger partial charge in [0.05, 0.1) is 5.92 Å². The normalized spacial score (nSPS) is 12.8. The fraction of sp³-hybridized carbons (Fsp3) is 0.133. The quantitative estimate of drug-likeness (QED) is 0.406. The SMILES string of the molecule is O=C(Nc1ccc2c(c1)N(C(=O)c1ccccc1)CCC2)C(c1ccccc1)c1ccccc1. The lowest BCUT2D eigenvalue weighted by Crippen LogP contribution is -2.35. The zero-order chi connectivity index (χ0) is 23.3. The van der Waals surface area contributed by atoms with E-state index in [4.69, 9.17) is 0 Å². The Balaban J connectivity index is 1.45. The van der Waals surface area contributed by atoms with Crippen molar-refractivity contribution in [1.29, 1.82) is 0 Å². The van der Waals surface area contributed by atoms with Gasteiger partial charge in [0, 0.05) is 23.5 Å². The van der Waals surface area contributed by atoms with Gasteiger partial charge in [-0.3, -0.25) is 9.59 Å². The zero-order valence-corrected chi connectivity index (χ0v) is 18.9. The second-order valence-electron chi connectivity index (χ2n) is 8.51. The highest BCUT2D eigenvalue weighted by Crippen LogP contribution is 2.32. The van der Waals surface area contributed by atoms with E-state index in [0.29, 0.717) is 17.8 Å². The van der Waals surface area contributed by atoms with Crippen molar-refractivity contribution in [2.24, 2.45) is 0 Å². The van der Waals surface area contributed by atoms with Gasteiger partial charge in [-0.15, -0.1) is 0 Å². The molecule has 0 atom stereocenters. The molecule has 0 fully saturated rings. The average molecular weight is 447 g/mol. The number of fused-ring (bicyclic) bond motifs is 1. The first-order valence-corrected chi connectivity index (χ1v) is 11.6. The van der Waals surface area contributed by atoms with Gasteiger partial charge in [-0.25, -0.2) is 0 Å². The van der Waals surface area contributed by atoms with Crippen LogP contribution in [0.3, 0.4) is 0 Å². The van der Waals surface area contributed by atoms with Crippen molar-refractivity contribution in [1.82, 2.24) is 0 Å². The van der Waals surface area contributed by atoms with Crippen molar-refractivity contribution < 1.29 is 9.59 Å². The topological polar surface area (TPSA) is 49.4 Å². The van der Waals surface area contributed by atoms with E-state index in [0.717, 1.165) is 35.2 Å². The molecule has 0 saturated heterocycles. The Hall–Kier alpha value is -4.18. The number of carbonyl (C=O) groups excluding carboxylic acids is 2. The number of nitrogens with zero attached hydrogens (tertiary/aromatic N) is 1. The van der Waals surface area contributed by atoms with E-state index in [9.17, 15) is 9.59 Å². The molecule has 1 aliphatic heterocycles. The van der Waals surface area contributed by atoms with Crippen molar-refractivity contribution in [3.63, 3.8) is 0 Å². The maximum absolute atomic E-state index is 13.5. The van der Waals surface area contributed by atoms with E-state index in [-0.39, 0.29) is 11.8 Å². The van der Waals surface area contributed by atoms with Crippen LogP contribution in [0.2, 0.25) is 0 Å². The molecule has 0 aromatic heterocycles. The number of rotatable bonds is 5. The molecule has 4 heteroatoms. The fourth-order valence-electron chi connectivity index (χ4n) is 4.60. The molecule has 34 heavy (non-hydrogen) atoms. The predicted molar refractivity (Wildman–Crippen MR) is 136 cm³/mol. The van der Waals surface area contributed by atoms with Gasteiger partial charge in [0.1, 0.15) is 0 Å². The van der Waals surface area contributed by atoms with Crippen molar-refractivity contribution in [2.75, 3.05) is 16.8 Å². The maximum Gasteiger partial charge on any atom is 0.258 e. The van der Waals surface area contributed by atoms with Gasteiger partial charge in [0.25, 0.3) is 5.91 Å². The summed E-state index contributed by atoms with van der Waals surface area (Å²) in [4.78, 5) is 28.6. The lowest BCUT2D eigenvalue weighted by molar-refractivity contribution is -0.116. The van der Waals surface area contributed by atoms with Crippen LogP contribution in [0, 0.1) is 0 Å². The molecular formula is C30H26N2O2. The molecule has 2 amide bonds. The van der Waals surface area contributed by atoms with E-state index >= 15 is 0 Å². The lowest BCUT2D eigenvalue weighted by Gasteiger charge is -2.30. The van der Waals surface area contributed by atoms with Gasteiger partial charge in [0.2, 0.25) is 5.91 Å². The zero-order valence-electron chi connectivity index (χ0n) is 18.9. The van der Waals surface area contributed by atoms with Crippen LogP contribution in [0.15, 0.2) is 109 Å². The average Bonchev–Trinajstić information content (AvgIpc) is 2.90. The summed E-state index contributed by atoms with van der Waals surface area (Å²) in [5, 5.41) is 3.11. The summed E-state index contributed by atoms with van der Waals surface area (Å²) in [7, 11) is 0. The van der Waals surface area contributed by atoms with E-state index in [1.165, 1.54) is 0 Å². The maximum atomic E-state index is 13.5. The summed E-state index contributed by atoms with van der Waals surface area (Å²) in [5.74, 6) is -0.550. The third-order valence-corrected chi connectivity index (χ3v) is 6.27. The first kappa shape index (κ1) is 21.7. The second kappa shape index (κ2) is 9.75. The lowest BCUT2D eigenvalue weighted by atomic mass is 9.90. The summed E-state index contributed by atoms with van der Waals surface area (Å²) >= 11 is 0. The number of carbonyl (C=O) groups is 2. The molecule has 4 aromatic rings. The van der Waals surface area contributed by atoms with Crippen molar-refractivity contribution in [2.45, 2.75) is 18.8 Å². The van der Waals surface area contributed by atoms with E-state index < -0.39 is 5.92 Å². The molecule has 0 bridgehead atoms. The fourth-order valence-corrected chi connectivity index (χ4v) is 4.60. The van der Waals surface area contributed by atoms with E-state index in [2.05, 4.69) is 5.32 Å². The van der Waals surface area contributed by atoms with Gasteiger partial charge < -0.3 is 10.2 Å². The van der Waals surface area contributed by atoms with Crippen molar-refractivity contribution in [3.05, 3.63) is 131 Å². The number of amides is 2. The number of aryl methyl sites for hydroxylation is 1. The Bertz CT molecular complexity index is 1250. The first-order chi connectivity index (χ1) is 16.7. The number of hydrogen-bond acceptors (Lipinski definition) is 2. The largest absolute Gasteiger partial charge is 0.325 e. The number of anilines is 2. The Morgan fingerprint density at radius 1 is 0.735 bits per heavy atom. The molecule has 4 aromatic carbocycles. The smallest absolute Gasteiger partial charge is 0.258 e. The van der Waals surface area contributed by atoms with Gasteiger partial charge in [-0.2, -0.15) is 0 Å². The van der Waals surface area contributed by atoms with Crippen LogP contribution in [0.5, 0.6) is 0 Å². The van der Waals surface area contributed by atoms with Gasteiger partial charge in [-0.05, 0) is 53.8 Å². The molecule has 5 rings (SSSR count).